The lowest BCUT2D eigenvalue weighted by molar-refractivity contribution is -0.119. The van der Waals surface area contributed by atoms with Crippen LogP contribution in [0.3, 0.4) is 0 Å². The second kappa shape index (κ2) is 10.4. The van der Waals surface area contributed by atoms with Gasteiger partial charge in [-0.2, -0.15) is 0 Å². The number of nitrogens with one attached hydrogen (secondary N) is 2. The Morgan fingerprint density at radius 1 is 1.28 bits per heavy atom. The van der Waals surface area contributed by atoms with Crippen LogP contribution in [-0.4, -0.2) is 27.4 Å². The number of aromatic amines is 1. The molecule has 32 heavy (non-hydrogen) atoms. The van der Waals surface area contributed by atoms with Gasteiger partial charge in [-0.05, 0) is 40.5 Å². The molecule has 0 aliphatic rings. The summed E-state index contributed by atoms with van der Waals surface area (Å²) in [4.78, 5) is 34.6. The van der Waals surface area contributed by atoms with Crippen molar-refractivity contribution < 1.29 is 18.3 Å². The Labute approximate surface area is 190 Å². The molecule has 0 saturated carbocycles. The van der Waals surface area contributed by atoms with Gasteiger partial charge in [-0.25, -0.2) is 18.7 Å². The van der Waals surface area contributed by atoms with E-state index in [0.29, 0.717) is 23.5 Å². The second-order valence-electron chi connectivity index (χ2n) is 6.89. The van der Waals surface area contributed by atoms with Crippen LogP contribution in [0.4, 0.5) is 8.78 Å². The number of carbonyl (C=O) groups excluding carboxylic acids is 1. The molecule has 3 aromatic rings. The van der Waals surface area contributed by atoms with Crippen molar-refractivity contribution in [3.8, 4) is 5.75 Å². The smallest absolute Gasteiger partial charge is 0.266 e. The number of aromatic nitrogens is 3. The molecular weight excluding hydrogens is 488 g/mol. The number of halogens is 3. The molecule has 168 valence electrons. The van der Waals surface area contributed by atoms with Crippen molar-refractivity contribution in [2.45, 2.75) is 26.5 Å². The summed E-state index contributed by atoms with van der Waals surface area (Å²) in [5, 5.41) is 2.58. The molecule has 0 bridgehead atoms. The summed E-state index contributed by atoms with van der Waals surface area (Å²) in [7, 11) is 0. The monoisotopic (exact) mass is 507 g/mol. The quantitative estimate of drug-likeness (QED) is 0.429. The number of ether oxygens (including phenoxy) is 1. The fourth-order valence-corrected chi connectivity index (χ4v) is 3.33. The van der Waals surface area contributed by atoms with E-state index < -0.39 is 17.2 Å². The van der Waals surface area contributed by atoms with Crippen LogP contribution in [0.2, 0.25) is 0 Å². The van der Waals surface area contributed by atoms with Crippen LogP contribution in [-0.2, 0) is 24.4 Å². The summed E-state index contributed by atoms with van der Waals surface area (Å²) in [6, 6.07) is 3.19. The molecule has 0 atom stereocenters. The number of rotatable bonds is 8. The van der Waals surface area contributed by atoms with Crippen LogP contribution in [0.5, 0.6) is 5.75 Å². The number of hydrogen-bond acceptors (Lipinski definition) is 6. The van der Waals surface area contributed by atoms with E-state index in [1.54, 1.807) is 19.3 Å². The molecule has 0 radical (unpaired) electrons. The molecule has 1 amide bonds. The van der Waals surface area contributed by atoms with E-state index >= 15 is 0 Å². The summed E-state index contributed by atoms with van der Waals surface area (Å²) >= 11 is 3.23. The SMILES string of the molecule is Cc1[nH]c(=O)c(Br)c(OCc2ccc(F)cc2F)c1Cc1cnc(CNC(=O)CN)nc1. The van der Waals surface area contributed by atoms with E-state index in [1.165, 1.54) is 6.07 Å². The Balaban J connectivity index is 1.82. The summed E-state index contributed by atoms with van der Waals surface area (Å²) in [6.07, 6.45) is 3.51. The molecule has 1 aromatic carbocycles. The number of aryl methyl sites for hydroxylation is 1. The van der Waals surface area contributed by atoms with Crippen LogP contribution >= 0.6 is 15.9 Å². The van der Waals surface area contributed by atoms with E-state index in [1.807, 2.05) is 0 Å². The minimum absolute atomic E-state index is 0.122. The van der Waals surface area contributed by atoms with Crippen molar-refractivity contribution in [1.82, 2.24) is 20.3 Å². The Morgan fingerprint density at radius 2 is 2.00 bits per heavy atom. The van der Waals surface area contributed by atoms with E-state index in [9.17, 15) is 18.4 Å². The number of H-pyrrole nitrogens is 1. The topological polar surface area (TPSA) is 123 Å². The summed E-state index contributed by atoms with van der Waals surface area (Å²) in [5.41, 5.74) is 6.92. The number of carbonyl (C=O) groups is 1. The number of pyridine rings is 1. The van der Waals surface area contributed by atoms with Gasteiger partial charge in [-0.1, -0.05) is 0 Å². The van der Waals surface area contributed by atoms with Crippen molar-refractivity contribution in [1.29, 1.82) is 0 Å². The Kier molecular flexibility index (Phi) is 7.65. The highest BCUT2D eigenvalue weighted by atomic mass is 79.9. The van der Waals surface area contributed by atoms with Crippen LogP contribution in [0.15, 0.2) is 39.9 Å². The lowest BCUT2D eigenvalue weighted by Gasteiger charge is -2.16. The summed E-state index contributed by atoms with van der Waals surface area (Å²) < 4.78 is 33.1. The van der Waals surface area contributed by atoms with Gasteiger partial charge in [0.25, 0.3) is 5.56 Å². The average Bonchev–Trinajstić information content (AvgIpc) is 2.77. The van der Waals surface area contributed by atoms with E-state index in [-0.39, 0.29) is 41.4 Å². The normalized spacial score (nSPS) is 10.8. The molecule has 3 rings (SSSR count). The first-order valence-electron chi connectivity index (χ1n) is 9.53. The van der Waals surface area contributed by atoms with Crippen molar-refractivity contribution in [3.63, 3.8) is 0 Å². The van der Waals surface area contributed by atoms with Crippen LogP contribution in [0.25, 0.3) is 0 Å². The predicted molar refractivity (Wildman–Crippen MR) is 116 cm³/mol. The zero-order chi connectivity index (χ0) is 23.3. The van der Waals surface area contributed by atoms with E-state index in [0.717, 1.165) is 17.7 Å². The molecule has 0 fully saturated rings. The minimum atomic E-state index is -0.741. The Bertz CT molecular complexity index is 1190. The van der Waals surface area contributed by atoms with Crippen molar-refractivity contribution >= 4 is 21.8 Å². The van der Waals surface area contributed by atoms with Crippen LogP contribution in [0, 0.1) is 18.6 Å². The molecule has 4 N–H and O–H groups in total. The number of nitrogens with two attached hydrogens (primary N) is 1. The number of benzene rings is 1. The van der Waals surface area contributed by atoms with Gasteiger partial charge in [0.1, 0.15) is 34.3 Å². The van der Waals surface area contributed by atoms with Gasteiger partial charge in [0.05, 0.1) is 13.1 Å². The standard InChI is InChI=1S/C21H20BrF2N5O3/c1-11-15(4-12-7-26-17(27-8-12)9-28-18(30)6-25)20(19(22)21(31)29-11)32-10-13-2-3-14(23)5-16(13)24/h2-3,5,7-8H,4,6,9-10,25H2,1H3,(H,28,30)(H,29,31). The minimum Gasteiger partial charge on any atom is -0.487 e. The van der Waals surface area contributed by atoms with Gasteiger partial charge in [0.2, 0.25) is 5.91 Å². The molecule has 2 aromatic heterocycles. The lowest BCUT2D eigenvalue weighted by Crippen LogP contribution is -2.30. The third-order valence-electron chi connectivity index (χ3n) is 4.58. The van der Waals surface area contributed by atoms with Gasteiger partial charge in [-0.3, -0.25) is 9.59 Å². The van der Waals surface area contributed by atoms with Gasteiger partial charge in [0, 0.05) is 41.7 Å². The summed E-state index contributed by atoms with van der Waals surface area (Å²) in [6.45, 7) is 1.54. The Hall–Kier alpha value is -3.18. The number of nitrogens with zero attached hydrogens (tertiary/aromatic N) is 2. The second-order valence-corrected chi connectivity index (χ2v) is 7.68. The maximum atomic E-state index is 14.0. The fraction of sp³-hybridized carbons (Fsp3) is 0.238. The third kappa shape index (κ3) is 5.74. The van der Waals surface area contributed by atoms with E-state index in [2.05, 4.69) is 36.2 Å². The molecule has 0 unspecified atom stereocenters. The molecular formula is C21H20BrF2N5O3. The maximum Gasteiger partial charge on any atom is 0.266 e. The number of hydrogen-bond donors (Lipinski definition) is 3. The molecule has 8 nitrogen and oxygen atoms in total. The first kappa shape index (κ1) is 23.5. The van der Waals surface area contributed by atoms with E-state index in [4.69, 9.17) is 10.5 Å². The highest BCUT2D eigenvalue weighted by Gasteiger charge is 2.17. The first-order chi connectivity index (χ1) is 15.3. The van der Waals surface area contributed by atoms with Crippen molar-refractivity contribution in [3.05, 3.63) is 85.3 Å². The van der Waals surface area contributed by atoms with Crippen LogP contribution in [0.1, 0.15) is 28.2 Å². The number of amides is 1. The zero-order valence-corrected chi connectivity index (χ0v) is 18.6. The van der Waals surface area contributed by atoms with Crippen LogP contribution < -0.4 is 21.3 Å². The fourth-order valence-electron chi connectivity index (χ4n) is 2.88. The van der Waals surface area contributed by atoms with Gasteiger partial charge >= 0.3 is 0 Å². The molecule has 2 heterocycles. The highest BCUT2D eigenvalue weighted by molar-refractivity contribution is 9.10. The van der Waals surface area contributed by atoms with Gasteiger partial charge < -0.3 is 20.8 Å². The largest absolute Gasteiger partial charge is 0.487 e. The first-order valence-corrected chi connectivity index (χ1v) is 10.3. The van der Waals surface area contributed by atoms with Gasteiger partial charge in [0.15, 0.2) is 0 Å². The molecule has 0 aliphatic heterocycles. The zero-order valence-electron chi connectivity index (χ0n) is 17.0. The maximum absolute atomic E-state index is 14.0. The molecule has 0 saturated heterocycles. The third-order valence-corrected chi connectivity index (χ3v) is 5.30. The molecule has 0 aliphatic carbocycles. The predicted octanol–water partition coefficient (Wildman–Crippen LogP) is 2.26. The van der Waals surface area contributed by atoms with Crippen molar-refractivity contribution in [2.75, 3.05) is 6.54 Å². The van der Waals surface area contributed by atoms with Crippen molar-refractivity contribution in [2.24, 2.45) is 5.73 Å². The average molecular weight is 508 g/mol. The summed E-state index contributed by atoms with van der Waals surface area (Å²) in [5.74, 6) is -1.08. The molecule has 0 spiro atoms. The highest BCUT2D eigenvalue weighted by Crippen LogP contribution is 2.30. The lowest BCUT2D eigenvalue weighted by atomic mass is 10.1. The Morgan fingerprint density at radius 3 is 2.66 bits per heavy atom. The molecule has 11 heteroatoms. The van der Waals surface area contributed by atoms with Gasteiger partial charge in [-0.15, -0.1) is 0 Å².